The van der Waals surface area contributed by atoms with E-state index in [9.17, 15) is 13.2 Å². The molecule has 2 aromatic carbocycles. The number of ether oxygens (including phenoxy) is 1. The van der Waals surface area contributed by atoms with Crippen LogP contribution in [0.3, 0.4) is 0 Å². The second-order valence-corrected chi connectivity index (χ2v) is 8.87. The van der Waals surface area contributed by atoms with Crippen LogP contribution >= 0.6 is 0 Å². The van der Waals surface area contributed by atoms with E-state index in [0.717, 1.165) is 23.3 Å². The van der Waals surface area contributed by atoms with E-state index in [0.29, 0.717) is 37.4 Å². The predicted octanol–water partition coefficient (Wildman–Crippen LogP) is 3.25. The molecule has 1 saturated heterocycles. The number of carbonyl (C=O) groups is 1. The summed E-state index contributed by atoms with van der Waals surface area (Å²) in [4.78, 5) is 12.6. The lowest BCUT2D eigenvalue weighted by molar-refractivity contribution is 0.0951. The standard InChI is InChI=1S/C21H26N2O4S/c1-3-27-19-8-6-7-17(13-19)15-22-21(24)18-10-9-16(2)20(14-18)23-11-4-5-12-28(23,25)26/h6-10,13-14H,3-5,11-12,15H2,1-2H3,(H,22,24). The first-order chi connectivity index (χ1) is 13.4. The fourth-order valence-electron chi connectivity index (χ4n) is 3.28. The number of aryl methyl sites for hydroxylation is 1. The molecular formula is C21H26N2O4S. The molecule has 1 heterocycles. The molecule has 1 aliphatic rings. The minimum atomic E-state index is -3.32. The van der Waals surface area contributed by atoms with Crippen molar-refractivity contribution < 1.29 is 17.9 Å². The highest BCUT2D eigenvalue weighted by molar-refractivity contribution is 7.92. The number of sulfonamides is 1. The zero-order valence-corrected chi connectivity index (χ0v) is 17.1. The summed E-state index contributed by atoms with van der Waals surface area (Å²) in [5.74, 6) is 0.679. The van der Waals surface area contributed by atoms with Gasteiger partial charge in [-0.1, -0.05) is 18.2 Å². The number of nitrogens with one attached hydrogen (secondary N) is 1. The summed E-state index contributed by atoms with van der Waals surface area (Å²) < 4.78 is 31.8. The van der Waals surface area contributed by atoms with Gasteiger partial charge in [-0.25, -0.2) is 8.42 Å². The Morgan fingerprint density at radius 2 is 2.00 bits per heavy atom. The second-order valence-electron chi connectivity index (χ2n) is 6.86. The van der Waals surface area contributed by atoms with Crippen molar-refractivity contribution in [1.29, 1.82) is 0 Å². The van der Waals surface area contributed by atoms with Gasteiger partial charge in [0.05, 0.1) is 18.0 Å². The SMILES string of the molecule is CCOc1cccc(CNC(=O)c2ccc(C)c(N3CCCCS3(=O)=O)c2)c1. The summed E-state index contributed by atoms with van der Waals surface area (Å²) in [7, 11) is -3.32. The van der Waals surface area contributed by atoms with E-state index in [-0.39, 0.29) is 11.7 Å². The third-order valence-electron chi connectivity index (χ3n) is 4.75. The van der Waals surface area contributed by atoms with Crippen LogP contribution in [-0.2, 0) is 16.6 Å². The molecule has 28 heavy (non-hydrogen) atoms. The molecule has 0 aromatic heterocycles. The number of benzene rings is 2. The monoisotopic (exact) mass is 402 g/mol. The number of carbonyl (C=O) groups excluding carboxylic acids is 1. The summed E-state index contributed by atoms with van der Waals surface area (Å²) in [5.41, 5.74) is 2.81. The van der Waals surface area contributed by atoms with Gasteiger partial charge < -0.3 is 10.1 Å². The van der Waals surface area contributed by atoms with Crippen molar-refractivity contribution in [2.75, 3.05) is 23.2 Å². The normalized spacial score (nSPS) is 15.9. The number of amides is 1. The average Bonchev–Trinajstić information content (AvgIpc) is 2.67. The van der Waals surface area contributed by atoms with E-state index in [4.69, 9.17) is 4.74 Å². The van der Waals surface area contributed by atoms with E-state index in [1.807, 2.05) is 38.1 Å². The summed E-state index contributed by atoms with van der Waals surface area (Å²) in [5, 5.41) is 2.89. The highest BCUT2D eigenvalue weighted by Gasteiger charge is 2.27. The van der Waals surface area contributed by atoms with Crippen molar-refractivity contribution in [1.82, 2.24) is 5.32 Å². The van der Waals surface area contributed by atoms with Gasteiger partial charge in [0.25, 0.3) is 5.91 Å². The molecule has 0 spiro atoms. The van der Waals surface area contributed by atoms with E-state index >= 15 is 0 Å². The molecular weight excluding hydrogens is 376 g/mol. The van der Waals surface area contributed by atoms with Gasteiger partial charge in [-0.05, 0) is 62.1 Å². The van der Waals surface area contributed by atoms with Crippen molar-refractivity contribution in [3.8, 4) is 5.75 Å². The zero-order valence-electron chi connectivity index (χ0n) is 16.3. The van der Waals surface area contributed by atoms with Crippen LogP contribution in [0.5, 0.6) is 5.75 Å². The summed E-state index contributed by atoms with van der Waals surface area (Å²) in [6.45, 7) is 5.19. The molecule has 0 saturated carbocycles. The van der Waals surface area contributed by atoms with Crippen LogP contribution in [0.4, 0.5) is 5.69 Å². The van der Waals surface area contributed by atoms with E-state index in [1.165, 1.54) is 4.31 Å². The largest absolute Gasteiger partial charge is 0.494 e. The smallest absolute Gasteiger partial charge is 0.251 e. The van der Waals surface area contributed by atoms with Gasteiger partial charge >= 0.3 is 0 Å². The summed E-state index contributed by atoms with van der Waals surface area (Å²) in [6.07, 6.45) is 1.50. The molecule has 0 bridgehead atoms. The Labute approximate surface area is 166 Å². The molecule has 0 unspecified atom stereocenters. The molecule has 150 valence electrons. The quantitative estimate of drug-likeness (QED) is 0.805. The van der Waals surface area contributed by atoms with Crippen molar-refractivity contribution in [3.05, 3.63) is 59.2 Å². The lowest BCUT2D eigenvalue weighted by atomic mass is 10.1. The average molecular weight is 403 g/mol. The van der Waals surface area contributed by atoms with E-state index < -0.39 is 10.0 Å². The van der Waals surface area contributed by atoms with Crippen LogP contribution in [-0.4, -0.2) is 33.2 Å². The Bertz CT molecular complexity index is 957. The molecule has 1 N–H and O–H groups in total. The van der Waals surface area contributed by atoms with Gasteiger partial charge in [-0.2, -0.15) is 0 Å². The molecule has 0 atom stereocenters. The topological polar surface area (TPSA) is 75.7 Å². The molecule has 0 radical (unpaired) electrons. The Morgan fingerprint density at radius 1 is 1.18 bits per heavy atom. The van der Waals surface area contributed by atoms with Crippen molar-refractivity contribution in [2.45, 2.75) is 33.2 Å². The van der Waals surface area contributed by atoms with Crippen LogP contribution in [0.15, 0.2) is 42.5 Å². The Balaban J connectivity index is 1.75. The van der Waals surface area contributed by atoms with Gasteiger partial charge in [0.1, 0.15) is 5.75 Å². The lowest BCUT2D eigenvalue weighted by Crippen LogP contribution is -2.38. The molecule has 7 heteroatoms. The van der Waals surface area contributed by atoms with Crippen LogP contribution in [0.1, 0.15) is 41.3 Å². The molecule has 0 aliphatic carbocycles. The fraction of sp³-hybridized carbons (Fsp3) is 0.381. The second kappa shape index (κ2) is 8.65. The first kappa shape index (κ1) is 20.2. The van der Waals surface area contributed by atoms with Gasteiger partial charge in [0.2, 0.25) is 10.0 Å². The zero-order chi connectivity index (χ0) is 20.1. The van der Waals surface area contributed by atoms with Gasteiger partial charge in [0, 0.05) is 18.7 Å². The minimum absolute atomic E-state index is 0.152. The maximum Gasteiger partial charge on any atom is 0.251 e. The summed E-state index contributed by atoms with van der Waals surface area (Å²) >= 11 is 0. The molecule has 6 nitrogen and oxygen atoms in total. The van der Waals surface area contributed by atoms with Crippen molar-refractivity contribution in [3.63, 3.8) is 0 Å². The minimum Gasteiger partial charge on any atom is -0.494 e. The molecule has 3 rings (SSSR count). The first-order valence-electron chi connectivity index (χ1n) is 9.51. The highest BCUT2D eigenvalue weighted by atomic mass is 32.2. The van der Waals surface area contributed by atoms with E-state index in [1.54, 1.807) is 18.2 Å². The number of nitrogens with zero attached hydrogens (tertiary/aromatic N) is 1. The number of rotatable bonds is 6. The van der Waals surface area contributed by atoms with Crippen molar-refractivity contribution in [2.24, 2.45) is 0 Å². The Morgan fingerprint density at radius 3 is 2.75 bits per heavy atom. The van der Waals surface area contributed by atoms with Crippen LogP contribution in [0.2, 0.25) is 0 Å². The Hall–Kier alpha value is -2.54. The number of anilines is 1. The first-order valence-corrected chi connectivity index (χ1v) is 11.1. The summed E-state index contributed by atoms with van der Waals surface area (Å²) in [6, 6.07) is 12.8. The number of hydrogen-bond acceptors (Lipinski definition) is 4. The number of hydrogen-bond donors (Lipinski definition) is 1. The van der Waals surface area contributed by atoms with Crippen molar-refractivity contribution >= 4 is 21.6 Å². The van der Waals surface area contributed by atoms with Crippen LogP contribution in [0, 0.1) is 6.92 Å². The third-order valence-corrected chi connectivity index (χ3v) is 6.61. The van der Waals surface area contributed by atoms with Gasteiger partial charge in [-0.3, -0.25) is 9.10 Å². The van der Waals surface area contributed by atoms with Crippen LogP contribution in [0.25, 0.3) is 0 Å². The highest BCUT2D eigenvalue weighted by Crippen LogP contribution is 2.28. The van der Waals surface area contributed by atoms with Crippen LogP contribution < -0.4 is 14.4 Å². The molecule has 1 aliphatic heterocycles. The molecule has 1 amide bonds. The fourth-order valence-corrected chi connectivity index (χ4v) is 4.97. The molecule has 1 fully saturated rings. The molecule has 2 aromatic rings. The lowest BCUT2D eigenvalue weighted by Gasteiger charge is -2.29. The maximum absolute atomic E-state index is 12.6. The van der Waals surface area contributed by atoms with Gasteiger partial charge in [-0.15, -0.1) is 0 Å². The third kappa shape index (κ3) is 4.65. The predicted molar refractivity (Wildman–Crippen MR) is 110 cm³/mol. The maximum atomic E-state index is 12.6. The van der Waals surface area contributed by atoms with Gasteiger partial charge in [0.15, 0.2) is 0 Å². The van der Waals surface area contributed by atoms with E-state index in [2.05, 4.69) is 5.32 Å². The Kier molecular flexibility index (Phi) is 6.24.